The van der Waals surface area contributed by atoms with E-state index in [0.29, 0.717) is 0 Å². The molecule has 0 radical (unpaired) electrons. The van der Waals surface area contributed by atoms with Crippen LogP contribution in [0.3, 0.4) is 0 Å². The highest BCUT2D eigenvalue weighted by molar-refractivity contribution is 9.39. The Bertz CT molecular complexity index is 115. The third kappa shape index (κ3) is 3.72. The van der Waals surface area contributed by atoms with Crippen molar-refractivity contribution < 1.29 is 0 Å². The smallest absolute Gasteiger partial charge is 0.188 e. The van der Waals surface area contributed by atoms with Crippen LogP contribution in [-0.4, -0.2) is 33.3 Å². The van der Waals surface area contributed by atoms with Gasteiger partial charge in [0.1, 0.15) is 0 Å². The van der Waals surface area contributed by atoms with E-state index in [2.05, 4.69) is 58.0 Å². The molecular weight excluding hydrogens is 340 g/mol. The van der Waals surface area contributed by atoms with E-state index < -0.39 is 0 Å². The first-order valence-electron chi connectivity index (χ1n) is 3.63. The lowest BCUT2D eigenvalue weighted by atomic mass is 10.4. The van der Waals surface area contributed by atoms with E-state index in [-0.39, 0.29) is 2.27 Å². The minimum atomic E-state index is -0.209. The van der Waals surface area contributed by atoms with E-state index >= 15 is 0 Å². The molecule has 0 aromatic heterocycles. The molecule has 0 spiro atoms. The fourth-order valence-corrected chi connectivity index (χ4v) is 2.16. The summed E-state index contributed by atoms with van der Waals surface area (Å²) < 4.78 is -0.209. The summed E-state index contributed by atoms with van der Waals surface area (Å²) in [6.07, 6.45) is 1.20. The van der Waals surface area contributed by atoms with Gasteiger partial charge in [0, 0.05) is 19.6 Å². The average Bonchev–Trinajstić information content (AvgIpc) is 2.10. The molecule has 0 unspecified atom stereocenters. The van der Waals surface area contributed by atoms with Crippen molar-refractivity contribution in [3.63, 3.8) is 0 Å². The van der Waals surface area contributed by atoms with Crippen LogP contribution in [-0.2, 0) is 0 Å². The number of halogens is 3. The molecule has 1 saturated heterocycles. The summed E-state index contributed by atoms with van der Waals surface area (Å²) in [5.41, 5.74) is 0. The number of nitrogens with one attached hydrogen (secondary N) is 1. The molecule has 0 saturated carbocycles. The van der Waals surface area contributed by atoms with E-state index in [4.69, 9.17) is 0 Å². The van der Waals surface area contributed by atoms with E-state index in [1.165, 1.54) is 6.42 Å². The SMILES string of the molecule is BrC(Br)(Br)N1CCCNCC1. The topological polar surface area (TPSA) is 15.3 Å². The summed E-state index contributed by atoms with van der Waals surface area (Å²) in [7, 11) is 0. The molecule has 1 N–H and O–H groups in total. The van der Waals surface area contributed by atoms with Gasteiger partial charge >= 0.3 is 0 Å². The van der Waals surface area contributed by atoms with Gasteiger partial charge in [-0.2, -0.15) is 0 Å². The van der Waals surface area contributed by atoms with Gasteiger partial charge in [0.25, 0.3) is 0 Å². The Balaban J connectivity index is 2.43. The maximum atomic E-state index is 3.51. The quantitative estimate of drug-likeness (QED) is 0.531. The third-order valence-electron chi connectivity index (χ3n) is 1.70. The molecule has 1 heterocycles. The summed E-state index contributed by atoms with van der Waals surface area (Å²) >= 11 is 10.5. The van der Waals surface area contributed by atoms with Gasteiger partial charge in [0.15, 0.2) is 2.27 Å². The molecule has 0 aromatic carbocycles. The maximum Gasteiger partial charge on any atom is 0.188 e. The summed E-state index contributed by atoms with van der Waals surface area (Å²) in [5.74, 6) is 0. The first-order valence-corrected chi connectivity index (χ1v) is 6.01. The second kappa shape index (κ2) is 4.56. The van der Waals surface area contributed by atoms with E-state index in [9.17, 15) is 0 Å². The second-order valence-electron chi connectivity index (χ2n) is 2.56. The summed E-state index contributed by atoms with van der Waals surface area (Å²) in [4.78, 5) is 2.30. The minimum absolute atomic E-state index is 0.209. The fraction of sp³-hybridized carbons (Fsp3) is 1.00. The zero-order valence-electron chi connectivity index (χ0n) is 6.12. The van der Waals surface area contributed by atoms with E-state index in [0.717, 1.165) is 26.2 Å². The number of rotatable bonds is 0. The van der Waals surface area contributed by atoms with Crippen LogP contribution in [0.4, 0.5) is 0 Å². The predicted molar refractivity (Wildman–Crippen MR) is 58.6 cm³/mol. The van der Waals surface area contributed by atoms with Crippen LogP contribution < -0.4 is 5.32 Å². The number of alkyl halides is 3. The van der Waals surface area contributed by atoms with Gasteiger partial charge in [-0.25, -0.2) is 0 Å². The first kappa shape index (κ1) is 10.4. The van der Waals surface area contributed by atoms with Gasteiger partial charge in [-0.05, 0) is 60.8 Å². The summed E-state index contributed by atoms with van der Waals surface area (Å²) in [5, 5.41) is 3.35. The van der Waals surface area contributed by atoms with Gasteiger partial charge in [0.2, 0.25) is 0 Å². The van der Waals surface area contributed by atoms with Crippen LogP contribution in [0.2, 0.25) is 0 Å². The van der Waals surface area contributed by atoms with Crippen molar-refractivity contribution in [1.82, 2.24) is 10.2 Å². The molecule has 5 heteroatoms. The van der Waals surface area contributed by atoms with Gasteiger partial charge < -0.3 is 5.32 Å². The van der Waals surface area contributed by atoms with Crippen molar-refractivity contribution in [2.75, 3.05) is 26.2 Å². The van der Waals surface area contributed by atoms with Crippen molar-refractivity contribution in [2.24, 2.45) is 0 Å². The van der Waals surface area contributed by atoms with Crippen LogP contribution in [0.1, 0.15) is 6.42 Å². The molecule has 1 fully saturated rings. The molecule has 0 atom stereocenters. The Morgan fingerprint density at radius 2 is 1.82 bits per heavy atom. The molecule has 1 aliphatic heterocycles. The molecule has 0 amide bonds. The lowest BCUT2D eigenvalue weighted by Crippen LogP contribution is -2.36. The van der Waals surface area contributed by atoms with Crippen molar-refractivity contribution in [3.05, 3.63) is 0 Å². The third-order valence-corrected chi connectivity index (χ3v) is 3.20. The minimum Gasteiger partial charge on any atom is -0.315 e. The molecule has 1 aliphatic rings. The molecule has 0 aromatic rings. The van der Waals surface area contributed by atoms with Gasteiger partial charge in [0.05, 0.1) is 0 Å². The maximum absolute atomic E-state index is 3.51. The van der Waals surface area contributed by atoms with Crippen LogP contribution in [0.5, 0.6) is 0 Å². The Morgan fingerprint density at radius 1 is 1.09 bits per heavy atom. The van der Waals surface area contributed by atoms with Crippen LogP contribution in [0.15, 0.2) is 0 Å². The molecule has 0 aliphatic carbocycles. The van der Waals surface area contributed by atoms with Crippen molar-refractivity contribution >= 4 is 47.8 Å². The van der Waals surface area contributed by atoms with E-state index in [1.807, 2.05) is 0 Å². The summed E-state index contributed by atoms with van der Waals surface area (Å²) in [6, 6.07) is 0. The number of hydrogen-bond donors (Lipinski definition) is 1. The standard InChI is InChI=1S/C6H11Br3N2/c7-6(8,9)11-4-1-2-10-3-5-11/h10H,1-5H2. The highest BCUT2D eigenvalue weighted by Gasteiger charge is 2.27. The predicted octanol–water partition coefficient (Wildman–Crippen LogP) is 2.08. The molecule has 11 heavy (non-hydrogen) atoms. The zero-order chi connectivity index (χ0) is 8.32. The highest BCUT2D eigenvalue weighted by atomic mass is 80.0. The Kier molecular flexibility index (Phi) is 4.32. The van der Waals surface area contributed by atoms with Crippen LogP contribution in [0, 0.1) is 0 Å². The molecular formula is C6H11Br3N2. The largest absolute Gasteiger partial charge is 0.315 e. The normalized spacial score (nSPS) is 23.2. The molecule has 66 valence electrons. The molecule has 2 nitrogen and oxygen atoms in total. The van der Waals surface area contributed by atoms with Crippen molar-refractivity contribution in [2.45, 2.75) is 8.69 Å². The zero-order valence-corrected chi connectivity index (χ0v) is 10.9. The van der Waals surface area contributed by atoms with Gasteiger partial charge in [-0.3, -0.25) is 4.90 Å². The Labute approximate surface area is 92.5 Å². The van der Waals surface area contributed by atoms with E-state index in [1.54, 1.807) is 0 Å². The van der Waals surface area contributed by atoms with Crippen LogP contribution in [0.25, 0.3) is 0 Å². The first-order chi connectivity index (χ1) is 5.11. The monoisotopic (exact) mass is 348 g/mol. The Morgan fingerprint density at radius 3 is 2.45 bits per heavy atom. The number of hydrogen-bond acceptors (Lipinski definition) is 2. The van der Waals surface area contributed by atoms with Crippen molar-refractivity contribution in [1.29, 1.82) is 0 Å². The lowest BCUT2D eigenvalue weighted by Gasteiger charge is -2.28. The van der Waals surface area contributed by atoms with Crippen LogP contribution >= 0.6 is 47.8 Å². The second-order valence-corrected chi connectivity index (χ2v) is 9.19. The molecule has 1 rings (SSSR count). The summed E-state index contributed by atoms with van der Waals surface area (Å²) in [6.45, 7) is 4.35. The highest BCUT2D eigenvalue weighted by Crippen LogP contribution is 2.37. The average molecular weight is 351 g/mol. The lowest BCUT2D eigenvalue weighted by molar-refractivity contribution is 0.319. The fourth-order valence-electron chi connectivity index (χ4n) is 1.10. The molecule has 0 bridgehead atoms. The number of nitrogens with zero attached hydrogens (tertiary/aromatic N) is 1. The van der Waals surface area contributed by atoms with Crippen molar-refractivity contribution in [3.8, 4) is 0 Å². The Hall–Kier alpha value is 1.36. The van der Waals surface area contributed by atoms with Gasteiger partial charge in [-0.15, -0.1) is 0 Å². The van der Waals surface area contributed by atoms with Gasteiger partial charge in [-0.1, -0.05) is 0 Å².